The van der Waals surface area contributed by atoms with Crippen LogP contribution in [0.3, 0.4) is 0 Å². The van der Waals surface area contributed by atoms with Crippen LogP contribution in [0.15, 0.2) is 42.9 Å². The van der Waals surface area contributed by atoms with Crippen molar-refractivity contribution in [2.45, 2.75) is 19.4 Å². The van der Waals surface area contributed by atoms with E-state index in [0.717, 1.165) is 35.2 Å². The third-order valence-electron chi connectivity index (χ3n) is 5.27. The molecule has 4 rings (SSSR count). The zero-order valence-corrected chi connectivity index (χ0v) is 16.1. The fourth-order valence-electron chi connectivity index (χ4n) is 3.47. The second-order valence-electron chi connectivity index (χ2n) is 7.40. The van der Waals surface area contributed by atoms with Crippen LogP contribution in [0.5, 0.6) is 5.88 Å². The molecule has 0 amide bonds. The summed E-state index contributed by atoms with van der Waals surface area (Å²) in [7, 11) is 2.17. The molecule has 0 aliphatic carbocycles. The lowest BCUT2D eigenvalue weighted by atomic mass is 9.98. The molecule has 7 heteroatoms. The first-order chi connectivity index (χ1) is 13.7. The number of fused-ring (bicyclic) bond motifs is 1. The number of ether oxygens (including phenoxy) is 1. The van der Waals surface area contributed by atoms with Crippen LogP contribution in [0.25, 0.3) is 10.8 Å². The van der Waals surface area contributed by atoms with Gasteiger partial charge in [0.25, 0.3) is 0 Å². The van der Waals surface area contributed by atoms with Crippen molar-refractivity contribution in [1.29, 1.82) is 0 Å². The number of nitrogens with zero attached hydrogens (tertiary/aromatic N) is 4. The van der Waals surface area contributed by atoms with Crippen molar-refractivity contribution in [2.75, 3.05) is 37.8 Å². The third-order valence-corrected chi connectivity index (χ3v) is 5.27. The molecule has 1 fully saturated rings. The highest BCUT2D eigenvalue weighted by molar-refractivity contribution is 5.91. The average Bonchev–Trinajstić information content (AvgIpc) is 2.73. The van der Waals surface area contributed by atoms with Gasteiger partial charge in [0.05, 0.1) is 19.0 Å². The highest BCUT2D eigenvalue weighted by Crippen LogP contribution is 2.21. The largest absolute Gasteiger partial charge is 0.476 e. The first-order valence-corrected chi connectivity index (χ1v) is 9.68. The summed E-state index contributed by atoms with van der Waals surface area (Å²) in [5.74, 6) is 2.46. The van der Waals surface area contributed by atoms with Gasteiger partial charge in [0.2, 0.25) is 5.88 Å². The molecule has 0 bridgehead atoms. The van der Waals surface area contributed by atoms with Crippen LogP contribution in [-0.4, -0.2) is 46.6 Å². The Balaban J connectivity index is 1.30. The average molecular weight is 378 g/mol. The van der Waals surface area contributed by atoms with Gasteiger partial charge >= 0.3 is 0 Å². The lowest BCUT2D eigenvalue weighted by Crippen LogP contribution is -2.32. The van der Waals surface area contributed by atoms with Gasteiger partial charge in [-0.1, -0.05) is 12.1 Å². The number of likely N-dealkylation sites (tertiary alicyclic amines) is 1. The van der Waals surface area contributed by atoms with Gasteiger partial charge in [-0.3, -0.25) is 0 Å². The summed E-state index contributed by atoms with van der Waals surface area (Å²) < 4.78 is 5.82. The van der Waals surface area contributed by atoms with E-state index in [-0.39, 0.29) is 0 Å². The Morgan fingerprint density at radius 1 is 1.14 bits per heavy atom. The van der Waals surface area contributed by atoms with Gasteiger partial charge < -0.3 is 20.7 Å². The van der Waals surface area contributed by atoms with E-state index in [4.69, 9.17) is 10.5 Å². The smallest absolute Gasteiger partial charge is 0.232 e. The van der Waals surface area contributed by atoms with E-state index < -0.39 is 0 Å². The lowest BCUT2D eigenvalue weighted by Gasteiger charge is -2.28. The number of pyridine rings is 1. The minimum atomic E-state index is 0.554. The molecule has 3 aromatic rings. The monoisotopic (exact) mass is 378 g/mol. The normalized spacial score (nSPS) is 15.6. The van der Waals surface area contributed by atoms with Gasteiger partial charge in [-0.25, -0.2) is 15.0 Å². The summed E-state index contributed by atoms with van der Waals surface area (Å²) in [5.41, 5.74) is 7.05. The Bertz CT molecular complexity index is 922. The Kier molecular flexibility index (Phi) is 5.53. The van der Waals surface area contributed by atoms with E-state index in [9.17, 15) is 0 Å². The Hall–Kier alpha value is -2.93. The first kappa shape index (κ1) is 18.4. The topological polar surface area (TPSA) is 89.2 Å². The Morgan fingerprint density at radius 3 is 2.79 bits per heavy atom. The van der Waals surface area contributed by atoms with Crippen molar-refractivity contribution in [3.05, 3.63) is 48.4 Å². The van der Waals surface area contributed by atoms with E-state index in [1.807, 2.05) is 18.2 Å². The number of nitrogens with two attached hydrogens (primary N) is 1. The van der Waals surface area contributed by atoms with Crippen molar-refractivity contribution in [2.24, 2.45) is 5.92 Å². The van der Waals surface area contributed by atoms with Crippen molar-refractivity contribution in [1.82, 2.24) is 19.9 Å². The fraction of sp³-hybridized carbons (Fsp3) is 0.381. The molecule has 7 nitrogen and oxygen atoms in total. The molecule has 1 saturated heterocycles. The Labute approximate surface area is 165 Å². The summed E-state index contributed by atoms with van der Waals surface area (Å²) in [6, 6.07) is 8.11. The van der Waals surface area contributed by atoms with Crippen LogP contribution in [-0.2, 0) is 6.54 Å². The van der Waals surface area contributed by atoms with E-state index in [1.165, 1.54) is 12.8 Å². The molecule has 28 heavy (non-hydrogen) atoms. The molecule has 1 aliphatic heterocycles. The maximum Gasteiger partial charge on any atom is 0.232 e. The molecule has 0 spiro atoms. The van der Waals surface area contributed by atoms with Crippen LogP contribution < -0.4 is 15.8 Å². The predicted molar refractivity (Wildman–Crippen MR) is 111 cm³/mol. The van der Waals surface area contributed by atoms with Crippen LogP contribution in [0, 0.1) is 5.92 Å². The number of aromatic nitrogens is 3. The maximum atomic E-state index is 5.90. The molecule has 1 aromatic carbocycles. The van der Waals surface area contributed by atoms with E-state index in [2.05, 4.69) is 38.3 Å². The number of nitrogens with one attached hydrogen (secondary N) is 1. The molecule has 3 N–H and O–H groups in total. The molecule has 0 atom stereocenters. The predicted octanol–water partition coefficient (Wildman–Crippen LogP) is 2.94. The lowest BCUT2D eigenvalue weighted by molar-refractivity contribution is 0.156. The van der Waals surface area contributed by atoms with E-state index in [1.54, 1.807) is 18.6 Å². The van der Waals surface area contributed by atoms with Crippen molar-refractivity contribution >= 4 is 22.4 Å². The van der Waals surface area contributed by atoms with Crippen molar-refractivity contribution in [3.63, 3.8) is 0 Å². The summed E-state index contributed by atoms with van der Waals surface area (Å²) in [6.07, 6.45) is 7.48. The van der Waals surface area contributed by atoms with Crippen molar-refractivity contribution < 1.29 is 4.74 Å². The van der Waals surface area contributed by atoms with Crippen LogP contribution in [0.4, 0.5) is 11.6 Å². The van der Waals surface area contributed by atoms with Gasteiger partial charge in [-0.05, 0) is 62.0 Å². The number of anilines is 2. The standard InChI is InChI=1S/C21H26N6O/c1-27-8-5-15(6-9-27)14-28-20-13-25-19(12-26-20)24-11-16-2-3-18-17(10-16)4-7-23-21(18)22/h2-4,7,10,12-13,15H,5-6,8-9,11,14H2,1H3,(H2,22,23)(H,24,25). The first-order valence-electron chi connectivity index (χ1n) is 9.68. The van der Waals surface area contributed by atoms with E-state index >= 15 is 0 Å². The second-order valence-corrected chi connectivity index (χ2v) is 7.40. The van der Waals surface area contributed by atoms with Crippen LogP contribution >= 0.6 is 0 Å². The van der Waals surface area contributed by atoms with Crippen LogP contribution in [0.2, 0.25) is 0 Å². The molecular weight excluding hydrogens is 352 g/mol. The highest BCUT2D eigenvalue weighted by atomic mass is 16.5. The van der Waals surface area contributed by atoms with Gasteiger partial charge in [0.15, 0.2) is 0 Å². The number of benzene rings is 1. The molecule has 2 aromatic heterocycles. The minimum absolute atomic E-state index is 0.554. The molecule has 3 heterocycles. The summed E-state index contributed by atoms with van der Waals surface area (Å²) in [5, 5.41) is 5.35. The van der Waals surface area contributed by atoms with Gasteiger partial charge in [-0.2, -0.15) is 0 Å². The minimum Gasteiger partial charge on any atom is -0.476 e. The molecule has 0 unspecified atom stereocenters. The molecule has 0 radical (unpaired) electrons. The molecule has 0 saturated carbocycles. The number of hydrogen-bond acceptors (Lipinski definition) is 7. The SMILES string of the molecule is CN1CCC(COc2cnc(NCc3ccc4c(N)nccc4c3)cn2)CC1. The third kappa shape index (κ3) is 4.48. The van der Waals surface area contributed by atoms with Gasteiger partial charge in [0.1, 0.15) is 11.6 Å². The molecule has 1 aliphatic rings. The zero-order chi connectivity index (χ0) is 19.3. The van der Waals surface area contributed by atoms with Crippen molar-refractivity contribution in [3.8, 4) is 5.88 Å². The highest BCUT2D eigenvalue weighted by Gasteiger charge is 2.17. The number of rotatable bonds is 6. The number of nitrogen functional groups attached to an aromatic ring is 1. The summed E-state index contributed by atoms with van der Waals surface area (Å²) in [6.45, 7) is 3.65. The van der Waals surface area contributed by atoms with Gasteiger partial charge in [-0.15, -0.1) is 0 Å². The summed E-state index contributed by atoms with van der Waals surface area (Å²) in [4.78, 5) is 15.3. The molecular formula is C21H26N6O. The number of piperidine rings is 1. The van der Waals surface area contributed by atoms with Crippen LogP contribution in [0.1, 0.15) is 18.4 Å². The maximum absolute atomic E-state index is 5.90. The quantitative estimate of drug-likeness (QED) is 0.682. The summed E-state index contributed by atoms with van der Waals surface area (Å²) >= 11 is 0. The molecule has 146 valence electrons. The second kappa shape index (κ2) is 8.39. The Morgan fingerprint density at radius 2 is 2.00 bits per heavy atom. The fourth-order valence-corrected chi connectivity index (χ4v) is 3.47. The number of hydrogen-bond donors (Lipinski definition) is 2. The van der Waals surface area contributed by atoms with E-state index in [0.29, 0.717) is 30.8 Å². The zero-order valence-electron chi connectivity index (χ0n) is 16.1. The van der Waals surface area contributed by atoms with Gasteiger partial charge in [0, 0.05) is 18.1 Å².